The van der Waals surface area contributed by atoms with Crippen LogP contribution in [0.4, 0.5) is 0 Å². The largest absolute Gasteiger partial charge is 0.330 e. The third-order valence-corrected chi connectivity index (χ3v) is 3.73. The van der Waals surface area contributed by atoms with Gasteiger partial charge in [0.1, 0.15) is 9.84 Å². The monoisotopic (exact) mass is 199 g/mol. The van der Waals surface area contributed by atoms with Crippen molar-refractivity contribution in [2.45, 2.75) is 18.1 Å². The molecule has 0 bridgehead atoms. The molecule has 1 rings (SSSR count). The minimum Gasteiger partial charge on any atom is -0.330 e. The molecule has 1 fully saturated rings. The average Bonchev–Trinajstić information content (AvgIpc) is 1.57. The van der Waals surface area contributed by atoms with Gasteiger partial charge in [-0.1, -0.05) is 0 Å². The molecule has 0 aliphatic heterocycles. The molecule has 1 saturated carbocycles. The van der Waals surface area contributed by atoms with E-state index in [1.54, 1.807) is 0 Å². The highest BCUT2D eigenvalue weighted by Crippen LogP contribution is 2.31. The highest BCUT2D eigenvalue weighted by molar-refractivity contribution is 7.91. The molecule has 11 heavy (non-hydrogen) atoms. The Morgan fingerprint density at radius 2 is 1.91 bits per heavy atom. The van der Waals surface area contributed by atoms with Crippen molar-refractivity contribution in [2.75, 3.05) is 12.8 Å². The maximum absolute atomic E-state index is 10.8. The second-order valence-electron chi connectivity index (χ2n) is 3.02. The first-order valence-electron chi connectivity index (χ1n) is 3.43. The van der Waals surface area contributed by atoms with Gasteiger partial charge in [0.05, 0.1) is 5.25 Å². The average molecular weight is 200 g/mol. The SMILES string of the molecule is CS(=O)(=O)C1CC(CN)C1.Cl. The van der Waals surface area contributed by atoms with Crippen molar-refractivity contribution in [2.24, 2.45) is 11.7 Å². The molecular weight excluding hydrogens is 186 g/mol. The first-order valence-corrected chi connectivity index (χ1v) is 5.38. The fourth-order valence-corrected chi connectivity index (χ4v) is 2.46. The summed E-state index contributed by atoms with van der Waals surface area (Å²) in [6.45, 7) is 0.631. The fraction of sp³-hybridized carbons (Fsp3) is 1.00. The number of hydrogen-bond acceptors (Lipinski definition) is 3. The highest BCUT2D eigenvalue weighted by atomic mass is 35.5. The molecule has 2 N–H and O–H groups in total. The number of sulfone groups is 1. The van der Waals surface area contributed by atoms with E-state index in [1.165, 1.54) is 6.26 Å². The fourth-order valence-electron chi connectivity index (χ4n) is 1.22. The Morgan fingerprint density at radius 3 is 2.18 bits per heavy atom. The standard InChI is InChI=1S/C6H13NO2S.ClH/c1-10(8,9)6-2-5(3-6)4-7;/h5-6H,2-4,7H2,1H3;1H. The quantitative estimate of drug-likeness (QED) is 0.691. The molecule has 0 radical (unpaired) electrons. The smallest absolute Gasteiger partial charge is 0.150 e. The molecule has 3 nitrogen and oxygen atoms in total. The van der Waals surface area contributed by atoms with E-state index in [-0.39, 0.29) is 17.7 Å². The zero-order valence-corrected chi connectivity index (χ0v) is 8.12. The van der Waals surface area contributed by atoms with Crippen LogP contribution < -0.4 is 5.73 Å². The molecule has 1 aliphatic rings. The van der Waals surface area contributed by atoms with Crippen LogP contribution in [0.15, 0.2) is 0 Å². The molecule has 1 aliphatic carbocycles. The maximum atomic E-state index is 10.8. The Hall–Kier alpha value is 0.200. The van der Waals surface area contributed by atoms with Gasteiger partial charge in [-0.25, -0.2) is 8.42 Å². The molecule has 0 aromatic carbocycles. The van der Waals surface area contributed by atoms with Gasteiger partial charge in [0.25, 0.3) is 0 Å². The number of hydrogen-bond donors (Lipinski definition) is 1. The van der Waals surface area contributed by atoms with E-state index in [1.807, 2.05) is 0 Å². The normalized spacial score (nSPS) is 30.4. The molecule has 0 spiro atoms. The predicted molar refractivity (Wildman–Crippen MR) is 47.7 cm³/mol. The molecule has 0 atom stereocenters. The van der Waals surface area contributed by atoms with Gasteiger partial charge < -0.3 is 5.73 Å². The lowest BCUT2D eigenvalue weighted by Gasteiger charge is -2.32. The van der Waals surface area contributed by atoms with Crippen LogP contribution in [0.5, 0.6) is 0 Å². The zero-order valence-electron chi connectivity index (χ0n) is 6.49. The van der Waals surface area contributed by atoms with Crippen molar-refractivity contribution >= 4 is 22.2 Å². The summed E-state index contributed by atoms with van der Waals surface area (Å²) in [4.78, 5) is 0. The molecular formula is C6H14ClNO2S. The van der Waals surface area contributed by atoms with Crippen LogP contribution in [-0.4, -0.2) is 26.5 Å². The molecule has 5 heteroatoms. The van der Waals surface area contributed by atoms with Crippen molar-refractivity contribution in [1.29, 1.82) is 0 Å². The lowest BCUT2D eigenvalue weighted by Crippen LogP contribution is -2.38. The second-order valence-corrected chi connectivity index (χ2v) is 5.35. The summed E-state index contributed by atoms with van der Waals surface area (Å²) in [5.41, 5.74) is 5.34. The number of halogens is 1. The van der Waals surface area contributed by atoms with Crippen LogP contribution in [0.3, 0.4) is 0 Å². The molecule has 0 unspecified atom stereocenters. The summed E-state index contributed by atoms with van der Waals surface area (Å²) in [6, 6.07) is 0. The molecule has 0 heterocycles. The summed E-state index contributed by atoms with van der Waals surface area (Å²) < 4.78 is 21.7. The van der Waals surface area contributed by atoms with Crippen molar-refractivity contribution in [3.8, 4) is 0 Å². The van der Waals surface area contributed by atoms with Crippen LogP contribution in [-0.2, 0) is 9.84 Å². The Balaban J connectivity index is 0.000001000. The van der Waals surface area contributed by atoms with Crippen LogP contribution >= 0.6 is 12.4 Å². The van der Waals surface area contributed by atoms with Gasteiger partial charge in [0.15, 0.2) is 0 Å². The van der Waals surface area contributed by atoms with E-state index in [9.17, 15) is 8.42 Å². The van der Waals surface area contributed by atoms with Gasteiger partial charge in [-0.3, -0.25) is 0 Å². The summed E-state index contributed by atoms with van der Waals surface area (Å²) in [6.07, 6.45) is 2.84. The van der Waals surface area contributed by atoms with Crippen LogP contribution in [0.2, 0.25) is 0 Å². The van der Waals surface area contributed by atoms with E-state index < -0.39 is 9.84 Å². The van der Waals surface area contributed by atoms with Gasteiger partial charge >= 0.3 is 0 Å². The lowest BCUT2D eigenvalue weighted by molar-refractivity contribution is 0.326. The van der Waals surface area contributed by atoms with E-state index >= 15 is 0 Å². The second kappa shape index (κ2) is 3.74. The van der Waals surface area contributed by atoms with Gasteiger partial charge in [-0.2, -0.15) is 0 Å². The molecule has 0 aromatic rings. The van der Waals surface area contributed by atoms with E-state index in [2.05, 4.69) is 0 Å². The summed E-state index contributed by atoms with van der Waals surface area (Å²) >= 11 is 0. The van der Waals surface area contributed by atoms with Crippen molar-refractivity contribution in [1.82, 2.24) is 0 Å². The van der Waals surface area contributed by atoms with Crippen LogP contribution in [0.25, 0.3) is 0 Å². The Bertz CT molecular complexity index is 209. The summed E-state index contributed by atoms with van der Waals surface area (Å²) in [5, 5.41) is -0.0963. The van der Waals surface area contributed by atoms with Gasteiger partial charge in [0, 0.05) is 6.26 Å². The van der Waals surface area contributed by atoms with Crippen molar-refractivity contribution in [3.63, 3.8) is 0 Å². The predicted octanol–water partition coefficient (Wildman–Crippen LogP) is 0.190. The first-order chi connectivity index (χ1) is 4.54. The van der Waals surface area contributed by atoms with E-state index in [0.29, 0.717) is 12.5 Å². The lowest BCUT2D eigenvalue weighted by atomic mass is 9.85. The highest BCUT2D eigenvalue weighted by Gasteiger charge is 2.34. The molecule has 0 aromatic heterocycles. The molecule has 68 valence electrons. The van der Waals surface area contributed by atoms with E-state index in [4.69, 9.17) is 5.73 Å². The topological polar surface area (TPSA) is 60.2 Å². The molecule has 0 amide bonds. The van der Waals surface area contributed by atoms with Crippen LogP contribution in [0, 0.1) is 5.92 Å². The first kappa shape index (κ1) is 11.2. The third-order valence-electron chi connectivity index (χ3n) is 2.13. The Morgan fingerprint density at radius 1 is 1.45 bits per heavy atom. The van der Waals surface area contributed by atoms with Crippen molar-refractivity contribution < 1.29 is 8.42 Å². The minimum absolute atomic E-state index is 0. The number of rotatable bonds is 2. The Kier molecular flexibility index (Phi) is 3.80. The Labute approximate surface area is 73.7 Å². The minimum atomic E-state index is -2.76. The molecule has 0 saturated heterocycles. The van der Waals surface area contributed by atoms with Gasteiger partial charge in [-0.05, 0) is 25.3 Å². The van der Waals surface area contributed by atoms with E-state index in [0.717, 1.165) is 12.8 Å². The van der Waals surface area contributed by atoms with Gasteiger partial charge in [0.2, 0.25) is 0 Å². The third kappa shape index (κ3) is 2.61. The zero-order chi connectivity index (χ0) is 7.78. The van der Waals surface area contributed by atoms with Gasteiger partial charge in [-0.15, -0.1) is 12.4 Å². The van der Waals surface area contributed by atoms with Crippen molar-refractivity contribution in [3.05, 3.63) is 0 Å². The summed E-state index contributed by atoms with van der Waals surface area (Å²) in [7, 11) is -2.76. The van der Waals surface area contributed by atoms with Crippen LogP contribution in [0.1, 0.15) is 12.8 Å². The summed E-state index contributed by atoms with van der Waals surface area (Å²) in [5.74, 6) is 0.458. The number of nitrogens with two attached hydrogens (primary N) is 1. The maximum Gasteiger partial charge on any atom is 0.150 e.